The Labute approximate surface area is 131 Å². The lowest BCUT2D eigenvalue weighted by Gasteiger charge is -2.06. The van der Waals surface area contributed by atoms with E-state index in [2.05, 4.69) is 14.8 Å². The zero-order chi connectivity index (χ0) is 15.1. The molecule has 1 aliphatic heterocycles. The molecule has 0 spiro atoms. The van der Waals surface area contributed by atoms with Crippen LogP contribution in [0.5, 0.6) is 11.5 Å². The third-order valence-electron chi connectivity index (χ3n) is 3.77. The summed E-state index contributed by atoms with van der Waals surface area (Å²) in [5.74, 6) is 2.62. The molecule has 0 unspecified atom stereocenters. The summed E-state index contributed by atoms with van der Waals surface area (Å²) in [6.45, 7) is 2.17. The highest BCUT2D eigenvalue weighted by Gasteiger charge is 2.28. The molecule has 2 heterocycles. The number of aryl methyl sites for hydroxylation is 1. The Bertz CT molecular complexity index is 740. The molecule has 6 nitrogen and oxygen atoms in total. The Morgan fingerprint density at radius 2 is 2.14 bits per heavy atom. The Morgan fingerprint density at radius 1 is 1.32 bits per heavy atom. The van der Waals surface area contributed by atoms with Gasteiger partial charge in [-0.15, -0.1) is 10.2 Å². The number of thioether (sulfide) groups is 1. The molecule has 0 amide bonds. The molecule has 0 atom stereocenters. The molecule has 1 saturated carbocycles. The molecule has 2 aliphatic rings. The fourth-order valence-corrected chi connectivity index (χ4v) is 3.43. The van der Waals surface area contributed by atoms with Crippen molar-refractivity contribution in [3.63, 3.8) is 0 Å². The highest BCUT2D eigenvalue weighted by atomic mass is 32.2. The van der Waals surface area contributed by atoms with Crippen molar-refractivity contribution in [1.82, 2.24) is 14.8 Å². The molecule has 1 aromatic heterocycles. The van der Waals surface area contributed by atoms with Crippen LogP contribution in [-0.2, 0) is 0 Å². The average molecular weight is 317 g/mol. The molecule has 2 aromatic rings. The summed E-state index contributed by atoms with van der Waals surface area (Å²) in [6.07, 6.45) is 2.34. The van der Waals surface area contributed by atoms with Crippen LogP contribution >= 0.6 is 11.8 Å². The number of benzene rings is 1. The maximum absolute atomic E-state index is 12.3. The number of aromatic nitrogens is 3. The van der Waals surface area contributed by atoms with E-state index < -0.39 is 0 Å². The Morgan fingerprint density at radius 3 is 2.95 bits per heavy atom. The lowest BCUT2D eigenvalue weighted by molar-refractivity contribution is 0.102. The van der Waals surface area contributed by atoms with Crippen molar-refractivity contribution in [2.24, 2.45) is 0 Å². The van der Waals surface area contributed by atoms with E-state index in [0.717, 1.165) is 11.0 Å². The maximum atomic E-state index is 12.3. The van der Waals surface area contributed by atoms with Crippen LogP contribution in [0.25, 0.3) is 0 Å². The fourth-order valence-electron chi connectivity index (χ4n) is 2.48. The van der Waals surface area contributed by atoms with Gasteiger partial charge in [0.1, 0.15) is 5.82 Å². The van der Waals surface area contributed by atoms with Crippen LogP contribution in [-0.4, -0.2) is 33.1 Å². The largest absolute Gasteiger partial charge is 0.454 e. The van der Waals surface area contributed by atoms with Crippen molar-refractivity contribution >= 4 is 17.5 Å². The second-order valence-electron chi connectivity index (χ2n) is 5.41. The predicted molar refractivity (Wildman–Crippen MR) is 80.6 cm³/mol. The van der Waals surface area contributed by atoms with Crippen molar-refractivity contribution in [2.45, 2.75) is 31.0 Å². The molecule has 22 heavy (non-hydrogen) atoms. The second kappa shape index (κ2) is 5.31. The Balaban J connectivity index is 1.46. The van der Waals surface area contributed by atoms with E-state index >= 15 is 0 Å². The van der Waals surface area contributed by atoms with Gasteiger partial charge in [-0.3, -0.25) is 4.79 Å². The van der Waals surface area contributed by atoms with E-state index in [-0.39, 0.29) is 12.6 Å². The smallest absolute Gasteiger partial charge is 0.231 e. The molecule has 1 aromatic carbocycles. The topological polar surface area (TPSA) is 66.2 Å². The molecule has 0 saturated heterocycles. The van der Waals surface area contributed by atoms with Crippen molar-refractivity contribution in [3.05, 3.63) is 29.6 Å². The van der Waals surface area contributed by atoms with E-state index in [4.69, 9.17) is 9.47 Å². The Hall–Kier alpha value is -2.02. The van der Waals surface area contributed by atoms with E-state index in [9.17, 15) is 4.79 Å². The van der Waals surface area contributed by atoms with Crippen molar-refractivity contribution in [2.75, 3.05) is 12.5 Å². The van der Waals surface area contributed by atoms with Crippen LogP contribution in [0, 0.1) is 6.92 Å². The number of nitrogens with zero attached hydrogens (tertiary/aromatic N) is 3. The molecule has 0 radical (unpaired) electrons. The lowest BCUT2D eigenvalue weighted by atomic mass is 10.1. The van der Waals surface area contributed by atoms with Crippen LogP contribution in [0.3, 0.4) is 0 Å². The van der Waals surface area contributed by atoms with E-state index in [0.29, 0.717) is 28.9 Å². The molecule has 1 aliphatic carbocycles. The predicted octanol–water partition coefficient (Wildman–Crippen LogP) is 2.63. The van der Waals surface area contributed by atoms with Crippen LogP contribution in [0.4, 0.5) is 0 Å². The molecule has 114 valence electrons. The first-order valence-electron chi connectivity index (χ1n) is 7.19. The first-order chi connectivity index (χ1) is 10.7. The molecule has 4 rings (SSSR count). The number of carbonyl (C=O) groups excluding carboxylic acids is 1. The zero-order valence-electron chi connectivity index (χ0n) is 12.1. The van der Waals surface area contributed by atoms with Gasteiger partial charge in [0.15, 0.2) is 22.4 Å². The number of ether oxygens (including phenoxy) is 2. The fraction of sp³-hybridized carbons (Fsp3) is 0.400. The van der Waals surface area contributed by atoms with Crippen molar-refractivity contribution < 1.29 is 14.3 Å². The summed E-state index contributed by atoms with van der Waals surface area (Å²) in [5, 5.41) is 9.13. The van der Waals surface area contributed by atoms with Gasteiger partial charge in [0.05, 0.1) is 5.75 Å². The number of ketones is 1. The van der Waals surface area contributed by atoms with Gasteiger partial charge in [-0.1, -0.05) is 11.8 Å². The van der Waals surface area contributed by atoms with Gasteiger partial charge in [-0.05, 0) is 38.0 Å². The van der Waals surface area contributed by atoms with E-state index in [1.807, 2.05) is 6.92 Å². The summed E-state index contributed by atoms with van der Waals surface area (Å²) in [6, 6.07) is 5.80. The molecule has 1 fully saturated rings. The third-order valence-corrected chi connectivity index (χ3v) is 4.72. The molecule has 0 N–H and O–H groups in total. The highest BCUT2D eigenvalue weighted by molar-refractivity contribution is 7.99. The molecule has 7 heteroatoms. The van der Waals surface area contributed by atoms with Crippen LogP contribution in [0.1, 0.15) is 35.1 Å². The molecule has 0 bridgehead atoms. The third kappa shape index (κ3) is 2.45. The van der Waals surface area contributed by atoms with Crippen LogP contribution in [0.2, 0.25) is 0 Å². The van der Waals surface area contributed by atoms with Crippen LogP contribution in [0.15, 0.2) is 23.4 Å². The van der Waals surface area contributed by atoms with Gasteiger partial charge in [0.2, 0.25) is 6.79 Å². The first kappa shape index (κ1) is 13.6. The van der Waals surface area contributed by atoms with Gasteiger partial charge >= 0.3 is 0 Å². The number of hydrogen-bond donors (Lipinski definition) is 0. The van der Waals surface area contributed by atoms with Gasteiger partial charge < -0.3 is 14.0 Å². The number of Topliss-reactive ketones (excluding diaryl/α,β-unsaturated/α-hetero) is 1. The summed E-state index contributed by atoms with van der Waals surface area (Å²) >= 11 is 1.44. The SMILES string of the molecule is Cc1nnc(SCC(=O)c2ccc3c(c2)OCO3)n1C1CC1. The van der Waals surface area contributed by atoms with Gasteiger partial charge in [-0.2, -0.15) is 0 Å². The maximum Gasteiger partial charge on any atom is 0.231 e. The molecular weight excluding hydrogens is 302 g/mol. The number of hydrogen-bond acceptors (Lipinski definition) is 6. The minimum atomic E-state index is 0.0475. The number of fused-ring (bicyclic) bond motifs is 1. The summed E-state index contributed by atoms with van der Waals surface area (Å²) in [4.78, 5) is 12.3. The lowest BCUT2D eigenvalue weighted by Crippen LogP contribution is -2.05. The average Bonchev–Trinajstić information content (AvgIpc) is 3.12. The normalized spacial score (nSPS) is 16.0. The number of carbonyl (C=O) groups is 1. The van der Waals surface area contributed by atoms with Gasteiger partial charge in [0, 0.05) is 11.6 Å². The Kier molecular flexibility index (Phi) is 3.29. The van der Waals surface area contributed by atoms with E-state index in [1.54, 1.807) is 18.2 Å². The molecular formula is C15H15N3O3S. The first-order valence-corrected chi connectivity index (χ1v) is 8.18. The zero-order valence-corrected chi connectivity index (χ0v) is 12.9. The monoisotopic (exact) mass is 317 g/mol. The second-order valence-corrected chi connectivity index (χ2v) is 6.35. The quantitative estimate of drug-likeness (QED) is 0.624. The summed E-state index contributed by atoms with van der Waals surface area (Å²) in [7, 11) is 0. The summed E-state index contributed by atoms with van der Waals surface area (Å²) in [5.41, 5.74) is 0.631. The van der Waals surface area contributed by atoms with Gasteiger partial charge in [0.25, 0.3) is 0 Å². The van der Waals surface area contributed by atoms with Crippen molar-refractivity contribution in [3.8, 4) is 11.5 Å². The van der Waals surface area contributed by atoms with Crippen molar-refractivity contribution in [1.29, 1.82) is 0 Å². The van der Waals surface area contributed by atoms with Crippen LogP contribution < -0.4 is 9.47 Å². The minimum Gasteiger partial charge on any atom is -0.454 e. The summed E-state index contributed by atoms with van der Waals surface area (Å²) < 4.78 is 12.7. The highest BCUT2D eigenvalue weighted by Crippen LogP contribution is 2.38. The standard InChI is InChI=1S/C15H15N3O3S/c1-9-16-17-15(18(9)11-3-4-11)22-7-12(19)10-2-5-13-14(6-10)21-8-20-13/h2,5-6,11H,3-4,7-8H2,1H3. The number of rotatable bonds is 5. The van der Waals surface area contributed by atoms with Gasteiger partial charge in [-0.25, -0.2) is 0 Å². The minimum absolute atomic E-state index is 0.0475. The van der Waals surface area contributed by atoms with E-state index in [1.165, 1.54) is 24.6 Å².